The van der Waals surface area contributed by atoms with Crippen molar-refractivity contribution in [2.24, 2.45) is 11.1 Å². The highest BCUT2D eigenvalue weighted by molar-refractivity contribution is 5.91. The third-order valence-electron chi connectivity index (χ3n) is 3.90. The van der Waals surface area contributed by atoms with Crippen LogP contribution in [0.4, 0.5) is 5.82 Å². The van der Waals surface area contributed by atoms with E-state index in [9.17, 15) is 0 Å². The van der Waals surface area contributed by atoms with E-state index in [0.29, 0.717) is 0 Å². The molecule has 1 aromatic heterocycles. The summed E-state index contributed by atoms with van der Waals surface area (Å²) in [6.07, 6.45) is 2.94. The number of nitrogens with zero attached hydrogens (tertiary/aromatic N) is 3. The summed E-state index contributed by atoms with van der Waals surface area (Å²) in [6.45, 7) is 4.94. The first kappa shape index (κ1) is 11.4. The lowest BCUT2D eigenvalue weighted by molar-refractivity contribution is 0.383. The molecular formula is C14H18N4. The summed E-state index contributed by atoms with van der Waals surface area (Å²) in [5, 5.41) is 10.7. The van der Waals surface area contributed by atoms with Crippen LogP contribution in [0.1, 0.15) is 13.3 Å². The van der Waals surface area contributed by atoms with E-state index in [1.165, 1.54) is 5.39 Å². The molecular weight excluding hydrogens is 224 g/mol. The van der Waals surface area contributed by atoms with Crippen LogP contribution in [0.25, 0.3) is 10.8 Å². The Bertz CT molecular complexity index is 563. The lowest BCUT2D eigenvalue weighted by Gasteiger charge is -2.23. The van der Waals surface area contributed by atoms with Crippen molar-refractivity contribution < 1.29 is 0 Å². The molecule has 4 heteroatoms. The highest BCUT2D eigenvalue weighted by atomic mass is 15.3. The molecule has 94 valence electrons. The van der Waals surface area contributed by atoms with Gasteiger partial charge in [0.2, 0.25) is 0 Å². The number of nitrogens with two attached hydrogens (primary N) is 1. The Hall–Kier alpha value is -1.68. The van der Waals surface area contributed by atoms with Crippen molar-refractivity contribution in [1.29, 1.82) is 0 Å². The van der Waals surface area contributed by atoms with Crippen molar-refractivity contribution in [2.45, 2.75) is 13.3 Å². The quantitative estimate of drug-likeness (QED) is 0.872. The molecule has 1 saturated heterocycles. The average Bonchev–Trinajstić information content (AvgIpc) is 2.81. The van der Waals surface area contributed by atoms with Crippen LogP contribution in [0.15, 0.2) is 30.5 Å². The standard InChI is InChI=1S/C14H18N4/c1-14(9-15)6-7-18(10-14)13-12-5-3-2-4-11(12)8-16-17-13/h2-5,8H,6-7,9-10,15H2,1H3. The summed E-state index contributed by atoms with van der Waals surface area (Å²) in [7, 11) is 0. The van der Waals surface area contributed by atoms with Crippen LogP contribution in [0.5, 0.6) is 0 Å². The Morgan fingerprint density at radius 1 is 1.39 bits per heavy atom. The molecule has 4 nitrogen and oxygen atoms in total. The second-order valence-electron chi connectivity index (χ2n) is 5.44. The lowest BCUT2D eigenvalue weighted by Crippen LogP contribution is -2.31. The van der Waals surface area contributed by atoms with Crippen LogP contribution in [0, 0.1) is 5.41 Å². The zero-order valence-corrected chi connectivity index (χ0v) is 10.6. The largest absolute Gasteiger partial charge is 0.354 e. The first-order valence-corrected chi connectivity index (χ1v) is 6.37. The first-order valence-electron chi connectivity index (χ1n) is 6.37. The Balaban J connectivity index is 2.01. The van der Waals surface area contributed by atoms with Crippen LogP contribution in [-0.4, -0.2) is 29.8 Å². The van der Waals surface area contributed by atoms with Gasteiger partial charge in [0, 0.05) is 23.9 Å². The number of hydrogen-bond acceptors (Lipinski definition) is 4. The van der Waals surface area contributed by atoms with Crippen molar-refractivity contribution in [1.82, 2.24) is 10.2 Å². The van der Waals surface area contributed by atoms with Gasteiger partial charge in [-0.25, -0.2) is 0 Å². The van der Waals surface area contributed by atoms with Gasteiger partial charge in [-0.15, -0.1) is 5.10 Å². The van der Waals surface area contributed by atoms with E-state index in [-0.39, 0.29) is 5.41 Å². The minimum absolute atomic E-state index is 0.207. The predicted octanol–water partition coefficient (Wildman–Crippen LogP) is 1.80. The van der Waals surface area contributed by atoms with E-state index in [1.807, 2.05) is 18.3 Å². The zero-order chi connectivity index (χ0) is 12.6. The monoisotopic (exact) mass is 242 g/mol. The molecule has 0 bridgehead atoms. The summed E-state index contributed by atoms with van der Waals surface area (Å²) < 4.78 is 0. The lowest BCUT2D eigenvalue weighted by atomic mass is 9.90. The van der Waals surface area contributed by atoms with E-state index in [1.54, 1.807) is 0 Å². The third kappa shape index (κ3) is 1.82. The Morgan fingerprint density at radius 2 is 2.22 bits per heavy atom. The minimum atomic E-state index is 0.207. The third-order valence-corrected chi connectivity index (χ3v) is 3.90. The highest BCUT2D eigenvalue weighted by Crippen LogP contribution is 2.33. The normalized spacial score (nSPS) is 23.8. The van der Waals surface area contributed by atoms with Crippen molar-refractivity contribution in [2.75, 3.05) is 24.5 Å². The predicted molar refractivity (Wildman–Crippen MR) is 73.5 cm³/mol. The fourth-order valence-electron chi connectivity index (χ4n) is 2.62. The topological polar surface area (TPSA) is 55.0 Å². The van der Waals surface area contributed by atoms with E-state index in [0.717, 1.165) is 37.3 Å². The van der Waals surface area contributed by atoms with Crippen LogP contribution in [0.2, 0.25) is 0 Å². The van der Waals surface area contributed by atoms with E-state index in [4.69, 9.17) is 5.73 Å². The van der Waals surface area contributed by atoms with E-state index in [2.05, 4.69) is 34.2 Å². The van der Waals surface area contributed by atoms with Crippen molar-refractivity contribution in [3.05, 3.63) is 30.5 Å². The molecule has 1 aliphatic heterocycles. The summed E-state index contributed by atoms with van der Waals surface area (Å²) >= 11 is 0. The molecule has 1 fully saturated rings. The van der Waals surface area contributed by atoms with Crippen LogP contribution >= 0.6 is 0 Å². The van der Waals surface area contributed by atoms with Gasteiger partial charge in [0.1, 0.15) is 0 Å². The molecule has 0 aliphatic carbocycles. The van der Waals surface area contributed by atoms with Crippen molar-refractivity contribution >= 4 is 16.6 Å². The summed E-state index contributed by atoms with van der Waals surface area (Å²) in [5.74, 6) is 0.991. The van der Waals surface area contributed by atoms with Gasteiger partial charge in [-0.3, -0.25) is 0 Å². The molecule has 2 aromatic rings. The van der Waals surface area contributed by atoms with Gasteiger partial charge in [0.15, 0.2) is 5.82 Å². The summed E-state index contributed by atoms with van der Waals surface area (Å²) in [4.78, 5) is 2.31. The second-order valence-corrected chi connectivity index (χ2v) is 5.44. The Kier molecular flexibility index (Phi) is 2.67. The fourth-order valence-corrected chi connectivity index (χ4v) is 2.62. The van der Waals surface area contributed by atoms with Gasteiger partial charge in [-0.05, 0) is 18.4 Å². The number of hydrogen-bond donors (Lipinski definition) is 1. The molecule has 1 aliphatic rings. The fraction of sp³-hybridized carbons (Fsp3) is 0.429. The van der Waals surface area contributed by atoms with Crippen molar-refractivity contribution in [3.8, 4) is 0 Å². The maximum atomic E-state index is 5.86. The maximum Gasteiger partial charge on any atom is 0.159 e. The SMILES string of the molecule is CC1(CN)CCN(c2nncc3ccccc23)C1. The number of anilines is 1. The number of benzene rings is 1. The summed E-state index contributed by atoms with van der Waals surface area (Å²) in [5.41, 5.74) is 6.07. The molecule has 18 heavy (non-hydrogen) atoms. The van der Waals surface area contributed by atoms with E-state index < -0.39 is 0 Å². The highest BCUT2D eigenvalue weighted by Gasteiger charge is 2.33. The van der Waals surface area contributed by atoms with Crippen LogP contribution in [-0.2, 0) is 0 Å². The first-order chi connectivity index (χ1) is 8.72. The molecule has 1 unspecified atom stereocenters. The number of fused-ring (bicyclic) bond motifs is 1. The number of rotatable bonds is 2. The molecule has 1 atom stereocenters. The molecule has 0 radical (unpaired) electrons. The average molecular weight is 242 g/mol. The van der Waals surface area contributed by atoms with Gasteiger partial charge >= 0.3 is 0 Å². The smallest absolute Gasteiger partial charge is 0.159 e. The summed E-state index contributed by atoms with van der Waals surface area (Å²) in [6, 6.07) is 8.26. The molecule has 2 N–H and O–H groups in total. The van der Waals surface area contributed by atoms with Gasteiger partial charge in [0.25, 0.3) is 0 Å². The molecule has 0 saturated carbocycles. The van der Waals surface area contributed by atoms with E-state index >= 15 is 0 Å². The minimum Gasteiger partial charge on any atom is -0.354 e. The molecule has 2 heterocycles. The van der Waals surface area contributed by atoms with Crippen molar-refractivity contribution in [3.63, 3.8) is 0 Å². The van der Waals surface area contributed by atoms with Gasteiger partial charge in [-0.2, -0.15) is 5.10 Å². The van der Waals surface area contributed by atoms with Gasteiger partial charge in [0.05, 0.1) is 6.20 Å². The Labute approximate surface area is 107 Å². The van der Waals surface area contributed by atoms with Crippen LogP contribution < -0.4 is 10.6 Å². The van der Waals surface area contributed by atoms with Gasteiger partial charge in [-0.1, -0.05) is 31.2 Å². The van der Waals surface area contributed by atoms with Gasteiger partial charge < -0.3 is 10.6 Å². The molecule has 0 amide bonds. The second kappa shape index (κ2) is 4.21. The zero-order valence-electron chi connectivity index (χ0n) is 10.6. The van der Waals surface area contributed by atoms with Crippen LogP contribution in [0.3, 0.4) is 0 Å². The maximum absolute atomic E-state index is 5.86. The molecule has 1 aromatic carbocycles. The Morgan fingerprint density at radius 3 is 3.00 bits per heavy atom. The molecule has 0 spiro atoms. The number of aromatic nitrogens is 2. The molecule has 3 rings (SSSR count).